The molecule has 2 unspecified atom stereocenters. The van der Waals surface area contributed by atoms with Gasteiger partial charge in [0.2, 0.25) is 5.78 Å². The number of carboxylic acid groups (broad SMARTS) is 1. The number of aliphatic carboxylic acids is 1. The Morgan fingerprint density at radius 2 is 2.06 bits per heavy atom. The second kappa shape index (κ2) is 3.64. The van der Waals surface area contributed by atoms with Crippen LogP contribution >= 0.6 is 11.6 Å². The van der Waals surface area contributed by atoms with Gasteiger partial charge in [-0.25, -0.2) is 4.79 Å². The molecular weight excluding hydrogens is 236 g/mol. The van der Waals surface area contributed by atoms with Gasteiger partial charge in [-0.1, -0.05) is 11.6 Å². The van der Waals surface area contributed by atoms with Gasteiger partial charge in [0.1, 0.15) is 12.1 Å². The average molecular weight is 241 g/mol. The van der Waals surface area contributed by atoms with Crippen LogP contribution in [-0.4, -0.2) is 46.7 Å². The van der Waals surface area contributed by atoms with Crippen LogP contribution in [0.3, 0.4) is 0 Å². The SMILES string of the molecule is O=C(O)C1=NC2C(=O)C=C(Cl)C(=O)C2N=C1. The van der Waals surface area contributed by atoms with Crippen molar-refractivity contribution in [1.82, 2.24) is 0 Å². The van der Waals surface area contributed by atoms with Crippen molar-refractivity contribution >= 4 is 41.1 Å². The van der Waals surface area contributed by atoms with E-state index in [1.165, 1.54) is 0 Å². The van der Waals surface area contributed by atoms with E-state index < -0.39 is 29.6 Å². The Bertz CT molecular complexity index is 492. The zero-order valence-corrected chi connectivity index (χ0v) is 8.51. The molecule has 7 heteroatoms. The summed E-state index contributed by atoms with van der Waals surface area (Å²) in [5, 5.41) is 8.48. The number of nitrogens with zero attached hydrogens (tertiary/aromatic N) is 2. The molecule has 2 rings (SSSR count). The van der Waals surface area contributed by atoms with Crippen LogP contribution in [0.15, 0.2) is 21.1 Å². The van der Waals surface area contributed by atoms with Crippen molar-refractivity contribution in [2.24, 2.45) is 9.98 Å². The fourth-order valence-corrected chi connectivity index (χ4v) is 1.67. The summed E-state index contributed by atoms with van der Waals surface area (Å²) >= 11 is 5.53. The normalized spacial score (nSPS) is 28.3. The quantitative estimate of drug-likeness (QED) is 0.675. The number of hydrogen-bond donors (Lipinski definition) is 1. The molecule has 0 saturated carbocycles. The smallest absolute Gasteiger partial charge is 0.355 e. The van der Waals surface area contributed by atoms with Crippen molar-refractivity contribution in [2.45, 2.75) is 12.1 Å². The van der Waals surface area contributed by atoms with Crippen molar-refractivity contribution in [2.75, 3.05) is 0 Å². The third kappa shape index (κ3) is 1.57. The fourth-order valence-electron chi connectivity index (χ4n) is 1.45. The van der Waals surface area contributed by atoms with Gasteiger partial charge in [-0.05, 0) is 0 Å². The monoisotopic (exact) mass is 240 g/mol. The Hall–Kier alpha value is -1.82. The Labute approximate surface area is 94.3 Å². The lowest BCUT2D eigenvalue weighted by Gasteiger charge is -2.23. The summed E-state index contributed by atoms with van der Waals surface area (Å²) < 4.78 is 0. The third-order valence-electron chi connectivity index (χ3n) is 2.22. The molecule has 0 fully saturated rings. The van der Waals surface area contributed by atoms with Crippen molar-refractivity contribution in [1.29, 1.82) is 0 Å². The van der Waals surface area contributed by atoms with Gasteiger partial charge in [-0.2, -0.15) is 0 Å². The largest absolute Gasteiger partial charge is 0.476 e. The number of carbonyl (C=O) groups is 3. The number of carbonyl (C=O) groups excluding carboxylic acids is 2. The Balaban J connectivity index is 2.43. The van der Waals surface area contributed by atoms with E-state index in [0.717, 1.165) is 12.3 Å². The molecule has 0 aromatic carbocycles. The summed E-state index contributed by atoms with van der Waals surface area (Å²) in [6.45, 7) is 0. The maximum Gasteiger partial charge on any atom is 0.355 e. The van der Waals surface area contributed by atoms with Crippen LogP contribution in [0.1, 0.15) is 0 Å². The number of hydrogen-bond acceptors (Lipinski definition) is 5. The molecule has 16 heavy (non-hydrogen) atoms. The van der Waals surface area contributed by atoms with E-state index in [1.54, 1.807) is 0 Å². The van der Waals surface area contributed by atoms with Crippen molar-refractivity contribution in [3.8, 4) is 0 Å². The van der Waals surface area contributed by atoms with E-state index in [0.29, 0.717) is 0 Å². The molecule has 0 spiro atoms. The number of rotatable bonds is 1. The minimum atomic E-state index is -1.29. The van der Waals surface area contributed by atoms with Crippen LogP contribution in [0.25, 0.3) is 0 Å². The van der Waals surface area contributed by atoms with E-state index in [1.807, 2.05) is 0 Å². The van der Waals surface area contributed by atoms with E-state index in [4.69, 9.17) is 16.7 Å². The molecule has 0 radical (unpaired) electrons. The first-order valence-corrected chi connectivity index (χ1v) is 4.68. The van der Waals surface area contributed by atoms with Gasteiger partial charge in [0, 0.05) is 6.08 Å². The molecule has 82 valence electrons. The van der Waals surface area contributed by atoms with Gasteiger partial charge >= 0.3 is 5.97 Å². The van der Waals surface area contributed by atoms with Crippen LogP contribution in [0.5, 0.6) is 0 Å². The number of ketones is 2. The molecule has 0 aromatic rings. The van der Waals surface area contributed by atoms with E-state index in [9.17, 15) is 14.4 Å². The zero-order chi connectivity index (χ0) is 11.9. The molecule has 2 atom stereocenters. The second-order valence-corrected chi connectivity index (χ2v) is 3.65. The first-order valence-electron chi connectivity index (χ1n) is 4.30. The van der Waals surface area contributed by atoms with Gasteiger partial charge < -0.3 is 5.11 Å². The highest BCUT2D eigenvalue weighted by Crippen LogP contribution is 2.22. The van der Waals surface area contributed by atoms with Crippen LogP contribution < -0.4 is 0 Å². The standard InChI is InChI=1S/C9H5ClN2O4/c10-3-1-5(13)6-7(8(3)14)11-2-4(12-6)9(15)16/h1-2,6-7H,(H,15,16). The van der Waals surface area contributed by atoms with Crippen molar-refractivity contribution < 1.29 is 19.5 Å². The molecule has 0 aromatic heterocycles. The summed E-state index contributed by atoms with van der Waals surface area (Å²) in [7, 11) is 0. The molecule has 0 bridgehead atoms. The maximum atomic E-state index is 11.5. The number of carboxylic acids is 1. The van der Waals surface area contributed by atoms with Gasteiger partial charge in [0.05, 0.1) is 11.2 Å². The summed E-state index contributed by atoms with van der Waals surface area (Å²) in [5.74, 6) is -2.32. The highest BCUT2D eigenvalue weighted by atomic mass is 35.5. The number of Topliss-reactive ketones (excluding diaryl/α,β-unsaturated/α-hetero) is 1. The maximum absolute atomic E-state index is 11.5. The van der Waals surface area contributed by atoms with Gasteiger partial charge in [0.25, 0.3) is 0 Å². The average Bonchev–Trinajstić information content (AvgIpc) is 2.25. The molecule has 0 amide bonds. The zero-order valence-electron chi connectivity index (χ0n) is 7.75. The molecule has 1 heterocycles. The minimum Gasteiger partial charge on any atom is -0.476 e. The third-order valence-corrected chi connectivity index (χ3v) is 2.51. The first kappa shape index (κ1) is 10.7. The van der Waals surface area contributed by atoms with Crippen LogP contribution in [0.4, 0.5) is 0 Å². The predicted octanol–water partition coefficient (Wildman–Crippen LogP) is -0.392. The lowest BCUT2D eigenvalue weighted by Crippen LogP contribution is -2.44. The van der Waals surface area contributed by atoms with E-state index in [-0.39, 0.29) is 10.7 Å². The Morgan fingerprint density at radius 3 is 2.69 bits per heavy atom. The highest BCUT2D eigenvalue weighted by molar-refractivity contribution is 6.59. The second-order valence-electron chi connectivity index (χ2n) is 3.25. The summed E-state index contributed by atoms with van der Waals surface area (Å²) in [6, 6.07) is -2.11. The topological polar surface area (TPSA) is 96.2 Å². The van der Waals surface area contributed by atoms with Crippen LogP contribution in [0.2, 0.25) is 0 Å². The summed E-state index contributed by atoms with van der Waals surface area (Å²) in [5.41, 5.74) is -0.339. The highest BCUT2D eigenvalue weighted by Gasteiger charge is 2.40. The minimum absolute atomic E-state index is 0.197. The molecule has 1 aliphatic heterocycles. The predicted molar refractivity (Wildman–Crippen MR) is 55.1 cm³/mol. The Kier molecular flexibility index (Phi) is 2.43. The lowest BCUT2D eigenvalue weighted by molar-refractivity contribution is -0.129. The molecule has 1 aliphatic carbocycles. The lowest BCUT2D eigenvalue weighted by atomic mass is 9.93. The number of fused-ring (bicyclic) bond motifs is 1. The van der Waals surface area contributed by atoms with Crippen molar-refractivity contribution in [3.05, 3.63) is 11.1 Å². The van der Waals surface area contributed by atoms with Crippen molar-refractivity contribution in [3.63, 3.8) is 0 Å². The molecule has 6 nitrogen and oxygen atoms in total. The fraction of sp³-hybridized carbons (Fsp3) is 0.222. The molecule has 1 N–H and O–H groups in total. The first-order chi connectivity index (χ1) is 7.50. The molecule has 0 saturated heterocycles. The number of aliphatic imine (C=N–C) groups is 2. The molecule has 2 aliphatic rings. The van der Waals surface area contributed by atoms with E-state index in [2.05, 4.69) is 9.98 Å². The van der Waals surface area contributed by atoms with E-state index >= 15 is 0 Å². The van der Waals surface area contributed by atoms with Gasteiger partial charge in [-0.15, -0.1) is 0 Å². The van der Waals surface area contributed by atoms with Crippen LogP contribution in [-0.2, 0) is 14.4 Å². The summed E-state index contributed by atoms with van der Waals surface area (Å²) in [6.07, 6.45) is 1.92. The summed E-state index contributed by atoms with van der Waals surface area (Å²) in [4.78, 5) is 41.0. The van der Waals surface area contributed by atoms with Gasteiger partial charge in [-0.3, -0.25) is 19.6 Å². The van der Waals surface area contributed by atoms with Gasteiger partial charge in [0.15, 0.2) is 11.5 Å². The van der Waals surface area contributed by atoms with Crippen LogP contribution in [0, 0.1) is 0 Å². The number of halogens is 1. The Morgan fingerprint density at radius 1 is 1.38 bits per heavy atom. The molecular formula is C9H5ClN2O4.